The molecule has 0 radical (unpaired) electrons. The summed E-state index contributed by atoms with van der Waals surface area (Å²) in [4.78, 5) is 34.3. The number of hydrogen-bond acceptors (Lipinski definition) is 4. The van der Waals surface area contributed by atoms with Crippen LogP contribution < -0.4 is 0 Å². The average Bonchev–Trinajstić information content (AvgIpc) is 3.03. The number of amides is 2. The van der Waals surface area contributed by atoms with Gasteiger partial charge in [0.25, 0.3) is 11.8 Å². The largest absolute Gasteiger partial charge is 0.366 e. The molecule has 31 heavy (non-hydrogen) atoms. The Bertz CT molecular complexity index is 926. The van der Waals surface area contributed by atoms with Gasteiger partial charge in [-0.2, -0.15) is 0 Å². The molecule has 1 aliphatic heterocycles. The number of halogens is 1. The van der Waals surface area contributed by atoms with Crippen LogP contribution in [-0.2, 0) is 16.0 Å². The number of hydrogen-bond donors (Lipinski definition) is 0. The van der Waals surface area contributed by atoms with Gasteiger partial charge in [0, 0.05) is 37.1 Å². The summed E-state index contributed by atoms with van der Waals surface area (Å²) >= 11 is 6.06. The third-order valence-corrected chi connectivity index (χ3v) is 5.88. The molecular weight excluding hydrogens is 410 g/mol. The van der Waals surface area contributed by atoms with Gasteiger partial charge in [0.2, 0.25) is 0 Å². The van der Waals surface area contributed by atoms with Crippen molar-refractivity contribution in [3.8, 4) is 0 Å². The highest BCUT2D eigenvalue weighted by atomic mass is 35.5. The van der Waals surface area contributed by atoms with Crippen LogP contribution in [-0.4, -0.2) is 46.2 Å². The van der Waals surface area contributed by atoms with E-state index in [0.29, 0.717) is 35.9 Å². The molecule has 2 heterocycles. The summed E-state index contributed by atoms with van der Waals surface area (Å²) in [5.74, 6) is -0.399. The normalized spacial score (nSPS) is 14.0. The maximum Gasteiger partial charge on any atom is 0.277 e. The summed E-state index contributed by atoms with van der Waals surface area (Å²) < 4.78 is 0. The lowest BCUT2D eigenvalue weighted by Crippen LogP contribution is -2.36. The van der Waals surface area contributed by atoms with E-state index in [1.165, 1.54) is 4.90 Å². The van der Waals surface area contributed by atoms with Crippen LogP contribution in [0.15, 0.2) is 54.5 Å². The third-order valence-electron chi connectivity index (χ3n) is 5.63. The Hall–Kier alpha value is -2.66. The Labute approximate surface area is 189 Å². The molecule has 1 aromatic heterocycles. The molecule has 1 aliphatic rings. The molecular formula is C25H30ClN3O2. The van der Waals surface area contributed by atoms with Crippen molar-refractivity contribution >= 4 is 29.0 Å². The van der Waals surface area contributed by atoms with Crippen molar-refractivity contribution in [3.63, 3.8) is 0 Å². The zero-order chi connectivity index (χ0) is 22.2. The SMILES string of the molecule is CCCCCCN1C(=O)C(c2ccc(Cl)cc2)=C(N(CC)CCc2ccncc2)C1=O. The molecule has 2 aromatic rings. The molecule has 0 aliphatic carbocycles. The number of rotatable bonds is 11. The molecule has 0 bridgehead atoms. The highest BCUT2D eigenvalue weighted by Gasteiger charge is 2.40. The molecule has 5 nitrogen and oxygen atoms in total. The minimum atomic E-state index is -0.207. The number of nitrogens with zero attached hydrogens (tertiary/aromatic N) is 3. The van der Waals surface area contributed by atoms with Crippen molar-refractivity contribution in [1.29, 1.82) is 0 Å². The van der Waals surface area contributed by atoms with Gasteiger partial charge in [-0.3, -0.25) is 19.5 Å². The molecule has 0 saturated carbocycles. The first-order valence-electron chi connectivity index (χ1n) is 11.1. The van der Waals surface area contributed by atoms with E-state index in [1.807, 2.05) is 36.1 Å². The molecule has 0 spiro atoms. The summed E-state index contributed by atoms with van der Waals surface area (Å²) in [5.41, 5.74) is 2.86. The highest BCUT2D eigenvalue weighted by molar-refractivity contribution is 6.36. The lowest BCUT2D eigenvalue weighted by atomic mass is 10.0. The predicted molar refractivity (Wildman–Crippen MR) is 124 cm³/mol. The van der Waals surface area contributed by atoms with Gasteiger partial charge in [-0.1, -0.05) is 49.9 Å². The number of imide groups is 1. The predicted octanol–water partition coefficient (Wildman–Crippen LogP) is 4.96. The maximum atomic E-state index is 13.4. The van der Waals surface area contributed by atoms with E-state index in [1.54, 1.807) is 24.5 Å². The number of carbonyl (C=O) groups is 2. The summed E-state index contributed by atoms with van der Waals surface area (Å²) in [6.07, 6.45) is 8.37. The van der Waals surface area contributed by atoms with Crippen LogP contribution in [0.25, 0.3) is 5.57 Å². The van der Waals surface area contributed by atoms with Crippen LogP contribution in [0.4, 0.5) is 0 Å². The van der Waals surface area contributed by atoms with E-state index in [-0.39, 0.29) is 11.8 Å². The first-order valence-corrected chi connectivity index (χ1v) is 11.4. The Morgan fingerprint density at radius 1 is 0.935 bits per heavy atom. The van der Waals surface area contributed by atoms with E-state index in [9.17, 15) is 9.59 Å². The highest BCUT2D eigenvalue weighted by Crippen LogP contribution is 2.32. The van der Waals surface area contributed by atoms with Crippen molar-refractivity contribution in [2.45, 2.75) is 46.0 Å². The number of pyridine rings is 1. The number of unbranched alkanes of at least 4 members (excludes halogenated alkanes) is 3. The molecule has 0 N–H and O–H groups in total. The van der Waals surface area contributed by atoms with Gasteiger partial charge >= 0.3 is 0 Å². The van der Waals surface area contributed by atoms with Crippen LogP contribution in [0.2, 0.25) is 5.02 Å². The fourth-order valence-corrected chi connectivity index (χ4v) is 4.00. The van der Waals surface area contributed by atoms with Crippen LogP contribution in [0, 0.1) is 0 Å². The summed E-state index contributed by atoms with van der Waals surface area (Å²) in [6.45, 7) is 5.91. The quantitative estimate of drug-likeness (QED) is 0.367. The van der Waals surface area contributed by atoms with Crippen molar-refractivity contribution in [2.24, 2.45) is 0 Å². The zero-order valence-electron chi connectivity index (χ0n) is 18.3. The standard InChI is InChI=1S/C25H30ClN3O2/c1-3-5-6-7-17-29-24(30)22(20-8-10-21(26)11-9-20)23(25(29)31)28(4-2)18-14-19-12-15-27-16-13-19/h8-13,15-16H,3-7,14,17-18H2,1-2H3. The lowest BCUT2D eigenvalue weighted by Gasteiger charge is -2.25. The van der Waals surface area contributed by atoms with E-state index < -0.39 is 0 Å². The van der Waals surface area contributed by atoms with Crippen molar-refractivity contribution in [3.05, 3.63) is 70.6 Å². The van der Waals surface area contributed by atoms with Crippen LogP contribution in [0.1, 0.15) is 50.7 Å². The van der Waals surface area contributed by atoms with Gasteiger partial charge in [0.1, 0.15) is 5.70 Å². The van der Waals surface area contributed by atoms with E-state index >= 15 is 0 Å². The molecule has 0 unspecified atom stereocenters. The lowest BCUT2D eigenvalue weighted by molar-refractivity contribution is -0.137. The molecule has 6 heteroatoms. The number of benzene rings is 1. The minimum absolute atomic E-state index is 0.192. The Morgan fingerprint density at radius 2 is 1.65 bits per heavy atom. The van der Waals surface area contributed by atoms with E-state index in [2.05, 4.69) is 11.9 Å². The van der Waals surface area contributed by atoms with Gasteiger partial charge in [0.05, 0.1) is 5.57 Å². The van der Waals surface area contributed by atoms with Gasteiger partial charge in [-0.25, -0.2) is 0 Å². The molecule has 0 saturated heterocycles. The second kappa shape index (κ2) is 11.1. The number of likely N-dealkylation sites (N-methyl/N-ethyl adjacent to an activating group) is 1. The molecule has 2 amide bonds. The minimum Gasteiger partial charge on any atom is -0.366 e. The fraction of sp³-hybridized carbons (Fsp3) is 0.400. The van der Waals surface area contributed by atoms with Gasteiger partial charge < -0.3 is 4.90 Å². The van der Waals surface area contributed by atoms with E-state index in [0.717, 1.165) is 43.2 Å². The van der Waals surface area contributed by atoms with Gasteiger partial charge in [-0.15, -0.1) is 0 Å². The van der Waals surface area contributed by atoms with Gasteiger partial charge in [0.15, 0.2) is 0 Å². The topological polar surface area (TPSA) is 53.5 Å². The van der Waals surface area contributed by atoms with E-state index in [4.69, 9.17) is 11.6 Å². The molecule has 164 valence electrons. The molecule has 1 aromatic carbocycles. The van der Waals surface area contributed by atoms with Crippen molar-refractivity contribution in [2.75, 3.05) is 19.6 Å². The number of aromatic nitrogens is 1. The summed E-state index contributed by atoms with van der Waals surface area (Å²) in [7, 11) is 0. The Morgan fingerprint density at radius 3 is 2.29 bits per heavy atom. The smallest absolute Gasteiger partial charge is 0.277 e. The van der Waals surface area contributed by atoms with Crippen molar-refractivity contribution in [1.82, 2.24) is 14.8 Å². The fourth-order valence-electron chi connectivity index (χ4n) is 3.87. The maximum absolute atomic E-state index is 13.4. The molecule has 3 rings (SSSR count). The van der Waals surface area contributed by atoms with Crippen LogP contribution >= 0.6 is 11.6 Å². The van der Waals surface area contributed by atoms with Gasteiger partial charge in [-0.05, 0) is 55.2 Å². The number of carbonyl (C=O) groups excluding carboxylic acids is 2. The first kappa shape index (κ1) is 23.0. The van der Waals surface area contributed by atoms with Crippen LogP contribution in [0.5, 0.6) is 0 Å². The average molecular weight is 440 g/mol. The zero-order valence-corrected chi connectivity index (χ0v) is 19.1. The molecule has 0 atom stereocenters. The van der Waals surface area contributed by atoms with Crippen LogP contribution in [0.3, 0.4) is 0 Å². The second-order valence-electron chi connectivity index (χ2n) is 7.74. The Balaban J connectivity index is 1.90. The summed E-state index contributed by atoms with van der Waals surface area (Å²) in [6, 6.07) is 11.1. The molecule has 0 fully saturated rings. The third kappa shape index (κ3) is 5.53. The monoisotopic (exact) mass is 439 g/mol. The van der Waals surface area contributed by atoms with Crippen molar-refractivity contribution < 1.29 is 9.59 Å². The second-order valence-corrected chi connectivity index (χ2v) is 8.17. The first-order chi connectivity index (χ1) is 15.1. The Kier molecular flexibility index (Phi) is 8.24. The summed E-state index contributed by atoms with van der Waals surface area (Å²) in [5, 5.41) is 0.601.